The molecule has 124 valence electrons. The number of amides is 1. The number of carboxylic acid groups (broad SMARTS) is 1. The molecule has 2 aromatic carbocycles. The van der Waals surface area contributed by atoms with E-state index in [2.05, 4.69) is 5.32 Å². The summed E-state index contributed by atoms with van der Waals surface area (Å²) in [5, 5.41) is 11.4. The van der Waals surface area contributed by atoms with Crippen LogP contribution < -0.4 is 10.1 Å². The smallest absolute Gasteiger partial charge is 0.328 e. The van der Waals surface area contributed by atoms with Gasteiger partial charge in [-0.25, -0.2) is 4.79 Å². The fourth-order valence-electron chi connectivity index (χ4n) is 2.19. The van der Waals surface area contributed by atoms with Gasteiger partial charge in [-0.3, -0.25) is 4.79 Å². The van der Waals surface area contributed by atoms with Gasteiger partial charge in [0.15, 0.2) is 6.61 Å². The molecule has 1 amide bonds. The molecule has 2 rings (SSSR count). The first-order valence-corrected chi connectivity index (χ1v) is 7.45. The lowest BCUT2D eigenvalue weighted by Gasteiger charge is -2.10. The first kappa shape index (κ1) is 17.3. The van der Waals surface area contributed by atoms with Gasteiger partial charge in [0.1, 0.15) is 5.75 Å². The molecule has 0 radical (unpaired) electrons. The molecular weight excluding hydrogens is 306 g/mol. The van der Waals surface area contributed by atoms with Gasteiger partial charge >= 0.3 is 5.97 Å². The Bertz CT molecular complexity index is 781. The maximum Gasteiger partial charge on any atom is 0.328 e. The van der Waals surface area contributed by atoms with Gasteiger partial charge in [0.25, 0.3) is 5.91 Å². The normalized spacial score (nSPS) is 10.6. The Hall–Kier alpha value is -3.08. The minimum Gasteiger partial charge on any atom is -0.483 e. The number of carboxylic acids is 1. The van der Waals surface area contributed by atoms with Crippen LogP contribution in [0.1, 0.15) is 16.7 Å². The molecule has 0 aliphatic heterocycles. The molecule has 0 fully saturated rings. The number of carbonyl (C=O) groups is 2. The molecule has 0 heterocycles. The van der Waals surface area contributed by atoms with Crippen molar-refractivity contribution in [3.8, 4) is 5.75 Å². The molecule has 0 aliphatic rings. The van der Waals surface area contributed by atoms with Gasteiger partial charge in [-0.1, -0.05) is 29.8 Å². The summed E-state index contributed by atoms with van der Waals surface area (Å²) in [7, 11) is 0. The maximum absolute atomic E-state index is 12.0. The zero-order chi connectivity index (χ0) is 17.5. The summed E-state index contributed by atoms with van der Waals surface area (Å²) in [6.07, 6.45) is 2.51. The standard InChI is InChI=1S/C19H19NO4/c1-13-6-8-17(14(2)10-13)24-12-18(21)20-16-5-3-4-15(11-16)7-9-19(22)23/h3-11H,12H2,1-2H3,(H,20,21)(H,22,23). The highest BCUT2D eigenvalue weighted by Gasteiger charge is 2.06. The average molecular weight is 325 g/mol. The Morgan fingerprint density at radius 1 is 1.17 bits per heavy atom. The molecule has 5 heteroatoms. The van der Waals surface area contributed by atoms with Crippen molar-refractivity contribution in [2.75, 3.05) is 11.9 Å². The Balaban J connectivity index is 1.94. The summed E-state index contributed by atoms with van der Waals surface area (Å²) in [5.74, 6) is -0.630. The molecular formula is C19H19NO4. The molecule has 0 bridgehead atoms. The predicted octanol–water partition coefficient (Wildman–Crippen LogP) is 3.42. The lowest BCUT2D eigenvalue weighted by Crippen LogP contribution is -2.20. The van der Waals surface area contributed by atoms with Crippen molar-refractivity contribution < 1.29 is 19.4 Å². The van der Waals surface area contributed by atoms with Gasteiger partial charge in [0.05, 0.1) is 0 Å². The lowest BCUT2D eigenvalue weighted by molar-refractivity contribution is -0.131. The minimum absolute atomic E-state index is 0.0981. The van der Waals surface area contributed by atoms with Gasteiger partial charge < -0.3 is 15.2 Å². The Morgan fingerprint density at radius 2 is 1.96 bits per heavy atom. The zero-order valence-electron chi connectivity index (χ0n) is 13.6. The second-order valence-corrected chi connectivity index (χ2v) is 5.40. The highest BCUT2D eigenvalue weighted by molar-refractivity contribution is 5.92. The average Bonchev–Trinajstić information content (AvgIpc) is 2.52. The number of nitrogens with one attached hydrogen (secondary N) is 1. The van der Waals surface area contributed by atoms with Crippen molar-refractivity contribution in [2.24, 2.45) is 0 Å². The molecule has 2 N–H and O–H groups in total. The number of hydrogen-bond donors (Lipinski definition) is 2. The van der Waals surface area contributed by atoms with E-state index in [0.29, 0.717) is 17.0 Å². The molecule has 0 saturated carbocycles. The molecule has 0 atom stereocenters. The SMILES string of the molecule is Cc1ccc(OCC(=O)Nc2cccc(C=CC(=O)O)c2)c(C)c1. The Labute approximate surface area is 140 Å². The second kappa shape index (κ2) is 7.97. The summed E-state index contributed by atoms with van der Waals surface area (Å²) in [4.78, 5) is 22.5. The van der Waals surface area contributed by atoms with Gasteiger partial charge in [-0.2, -0.15) is 0 Å². The monoisotopic (exact) mass is 325 g/mol. The van der Waals surface area contributed by atoms with Crippen LogP contribution in [-0.2, 0) is 9.59 Å². The van der Waals surface area contributed by atoms with Gasteiger partial charge in [0, 0.05) is 11.8 Å². The summed E-state index contributed by atoms with van der Waals surface area (Å²) < 4.78 is 5.53. The van der Waals surface area contributed by atoms with Crippen LogP contribution in [0.3, 0.4) is 0 Å². The van der Waals surface area contributed by atoms with E-state index >= 15 is 0 Å². The third-order valence-electron chi connectivity index (χ3n) is 3.28. The van der Waals surface area contributed by atoms with E-state index in [0.717, 1.165) is 17.2 Å². The van der Waals surface area contributed by atoms with Crippen molar-refractivity contribution in [1.29, 1.82) is 0 Å². The van der Waals surface area contributed by atoms with E-state index < -0.39 is 5.97 Å². The summed E-state index contributed by atoms with van der Waals surface area (Å²) in [5.41, 5.74) is 3.38. The van der Waals surface area contributed by atoms with Crippen LogP contribution in [-0.4, -0.2) is 23.6 Å². The predicted molar refractivity (Wildman–Crippen MR) is 93.2 cm³/mol. The van der Waals surface area contributed by atoms with Crippen molar-refractivity contribution in [1.82, 2.24) is 0 Å². The van der Waals surface area contributed by atoms with Crippen LogP contribution in [0.5, 0.6) is 5.75 Å². The summed E-state index contributed by atoms with van der Waals surface area (Å²) in [6, 6.07) is 12.7. The fraction of sp³-hybridized carbons (Fsp3) is 0.158. The zero-order valence-corrected chi connectivity index (χ0v) is 13.6. The van der Waals surface area contributed by atoms with Crippen LogP contribution in [0, 0.1) is 13.8 Å². The van der Waals surface area contributed by atoms with Crippen LogP contribution in [0.15, 0.2) is 48.5 Å². The Kier molecular flexibility index (Phi) is 5.73. The second-order valence-electron chi connectivity index (χ2n) is 5.40. The van der Waals surface area contributed by atoms with Crippen LogP contribution in [0.2, 0.25) is 0 Å². The third-order valence-corrected chi connectivity index (χ3v) is 3.28. The number of anilines is 1. The van der Waals surface area contributed by atoms with E-state index in [-0.39, 0.29) is 12.5 Å². The van der Waals surface area contributed by atoms with E-state index in [1.54, 1.807) is 24.3 Å². The maximum atomic E-state index is 12.0. The van der Waals surface area contributed by atoms with E-state index in [1.165, 1.54) is 6.08 Å². The first-order chi connectivity index (χ1) is 11.4. The van der Waals surface area contributed by atoms with Crippen molar-refractivity contribution in [3.05, 3.63) is 65.2 Å². The number of aliphatic carboxylic acids is 1. The number of aryl methyl sites for hydroxylation is 2. The molecule has 0 saturated heterocycles. The largest absolute Gasteiger partial charge is 0.483 e. The molecule has 24 heavy (non-hydrogen) atoms. The number of carbonyl (C=O) groups excluding carboxylic acids is 1. The Morgan fingerprint density at radius 3 is 2.67 bits per heavy atom. The van der Waals surface area contributed by atoms with Crippen molar-refractivity contribution >= 4 is 23.6 Å². The van der Waals surface area contributed by atoms with Crippen LogP contribution in [0.25, 0.3) is 6.08 Å². The minimum atomic E-state index is -1.02. The quantitative estimate of drug-likeness (QED) is 0.798. The van der Waals surface area contributed by atoms with Gasteiger partial charge in [-0.15, -0.1) is 0 Å². The number of benzene rings is 2. The highest BCUT2D eigenvalue weighted by Crippen LogP contribution is 2.18. The number of hydrogen-bond acceptors (Lipinski definition) is 3. The van der Waals surface area contributed by atoms with Crippen molar-refractivity contribution in [2.45, 2.75) is 13.8 Å². The third kappa shape index (κ3) is 5.28. The fourth-order valence-corrected chi connectivity index (χ4v) is 2.19. The van der Waals surface area contributed by atoms with Gasteiger partial charge in [0.2, 0.25) is 0 Å². The van der Waals surface area contributed by atoms with E-state index in [4.69, 9.17) is 9.84 Å². The van der Waals surface area contributed by atoms with Crippen LogP contribution in [0.4, 0.5) is 5.69 Å². The van der Waals surface area contributed by atoms with Gasteiger partial charge in [-0.05, 0) is 49.2 Å². The molecule has 0 unspecified atom stereocenters. The molecule has 0 spiro atoms. The summed E-state index contributed by atoms with van der Waals surface area (Å²) >= 11 is 0. The molecule has 5 nitrogen and oxygen atoms in total. The molecule has 2 aromatic rings. The van der Waals surface area contributed by atoms with E-state index in [1.807, 2.05) is 32.0 Å². The highest BCUT2D eigenvalue weighted by atomic mass is 16.5. The lowest BCUT2D eigenvalue weighted by atomic mass is 10.1. The number of rotatable bonds is 6. The summed E-state index contributed by atoms with van der Waals surface area (Å²) in [6.45, 7) is 3.83. The topological polar surface area (TPSA) is 75.6 Å². The van der Waals surface area contributed by atoms with Crippen molar-refractivity contribution in [3.63, 3.8) is 0 Å². The van der Waals surface area contributed by atoms with Crippen LogP contribution >= 0.6 is 0 Å². The van der Waals surface area contributed by atoms with E-state index in [9.17, 15) is 9.59 Å². The number of ether oxygens (including phenoxy) is 1. The molecule has 0 aliphatic carbocycles. The first-order valence-electron chi connectivity index (χ1n) is 7.45. The molecule has 0 aromatic heterocycles.